The topological polar surface area (TPSA) is 72.2 Å². The number of hydrogen-bond acceptors (Lipinski definition) is 3. The van der Waals surface area contributed by atoms with Crippen LogP contribution in [0.2, 0.25) is 0 Å². The summed E-state index contributed by atoms with van der Waals surface area (Å²) in [5, 5.41) is 0. The van der Waals surface area contributed by atoms with Crippen LogP contribution in [0.15, 0.2) is 23.1 Å². The lowest BCUT2D eigenvalue weighted by atomic mass is 10.2. The van der Waals surface area contributed by atoms with Crippen LogP contribution in [0, 0.1) is 12.8 Å². The van der Waals surface area contributed by atoms with Crippen LogP contribution in [-0.4, -0.2) is 14.5 Å². The highest BCUT2D eigenvalue weighted by atomic mass is 32.2. The normalized spacial score (nSPS) is 23.0. The van der Waals surface area contributed by atoms with Crippen LogP contribution >= 0.6 is 0 Å². The minimum atomic E-state index is -3.43. The largest absolute Gasteiger partial charge is 0.399 e. The molecule has 1 aliphatic rings. The Balaban J connectivity index is 2.14. The molecule has 4 nitrogen and oxygen atoms in total. The van der Waals surface area contributed by atoms with E-state index in [1.807, 2.05) is 0 Å². The second-order valence-electron chi connectivity index (χ2n) is 5.04. The van der Waals surface area contributed by atoms with Crippen molar-refractivity contribution >= 4 is 15.7 Å². The lowest BCUT2D eigenvalue weighted by molar-refractivity contribution is 0.572. The van der Waals surface area contributed by atoms with Crippen LogP contribution < -0.4 is 10.5 Å². The van der Waals surface area contributed by atoms with Gasteiger partial charge in [-0.2, -0.15) is 0 Å². The summed E-state index contributed by atoms with van der Waals surface area (Å²) >= 11 is 0. The van der Waals surface area contributed by atoms with E-state index < -0.39 is 10.0 Å². The van der Waals surface area contributed by atoms with E-state index in [1.165, 1.54) is 6.07 Å². The molecule has 0 aromatic heterocycles. The summed E-state index contributed by atoms with van der Waals surface area (Å²) in [4.78, 5) is 0.296. The molecule has 1 saturated carbocycles. The van der Waals surface area contributed by atoms with Crippen LogP contribution in [-0.2, 0) is 10.0 Å². The zero-order valence-electron chi connectivity index (χ0n) is 10.8. The SMILES string of the molecule is CCCC1CC1NS(=O)(=O)c1cc(N)ccc1C. The molecule has 3 N–H and O–H groups in total. The second-order valence-corrected chi connectivity index (χ2v) is 6.72. The van der Waals surface area contributed by atoms with E-state index in [2.05, 4.69) is 11.6 Å². The predicted molar refractivity (Wildman–Crippen MR) is 72.7 cm³/mol. The molecule has 1 aliphatic carbocycles. The van der Waals surface area contributed by atoms with Crippen molar-refractivity contribution in [3.8, 4) is 0 Å². The summed E-state index contributed by atoms with van der Waals surface area (Å²) in [6.07, 6.45) is 3.14. The molecule has 1 aromatic rings. The Morgan fingerprint density at radius 3 is 2.83 bits per heavy atom. The van der Waals surface area contributed by atoms with Crippen LogP contribution in [0.5, 0.6) is 0 Å². The molecule has 2 atom stereocenters. The van der Waals surface area contributed by atoms with Gasteiger partial charge in [0.1, 0.15) is 0 Å². The molecule has 0 bridgehead atoms. The van der Waals surface area contributed by atoms with Crippen molar-refractivity contribution in [1.29, 1.82) is 0 Å². The van der Waals surface area contributed by atoms with Gasteiger partial charge in [-0.25, -0.2) is 13.1 Å². The number of nitrogen functional groups attached to an aromatic ring is 1. The predicted octanol–water partition coefficient (Wildman–Crippen LogP) is 2.04. The molecule has 0 aliphatic heterocycles. The fourth-order valence-electron chi connectivity index (χ4n) is 2.25. The van der Waals surface area contributed by atoms with E-state index in [0.29, 0.717) is 16.5 Å². The number of nitrogens with one attached hydrogen (secondary N) is 1. The van der Waals surface area contributed by atoms with Crippen molar-refractivity contribution in [2.45, 2.75) is 44.0 Å². The van der Waals surface area contributed by atoms with Gasteiger partial charge in [0.25, 0.3) is 0 Å². The van der Waals surface area contributed by atoms with Gasteiger partial charge in [-0.3, -0.25) is 0 Å². The number of aryl methyl sites for hydroxylation is 1. The summed E-state index contributed by atoms with van der Waals surface area (Å²) < 4.78 is 27.2. The fraction of sp³-hybridized carbons (Fsp3) is 0.538. The van der Waals surface area contributed by atoms with Gasteiger partial charge < -0.3 is 5.73 Å². The molecule has 2 rings (SSSR count). The van der Waals surface area contributed by atoms with Gasteiger partial charge >= 0.3 is 0 Å². The number of anilines is 1. The molecule has 2 unspecified atom stereocenters. The van der Waals surface area contributed by atoms with E-state index in [0.717, 1.165) is 24.8 Å². The maximum Gasteiger partial charge on any atom is 0.241 e. The summed E-state index contributed by atoms with van der Waals surface area (Å²) in [7, 11) is -3.43. The molecule has 0 saturated heterocycles. The highest BCUT2D eigenvalue weighted by Crippen LogP contribution is 2.36. The highest BCUT2D eigenvalue weighted by Gasteiger charge is 2.39. The second kappa shape index (κ2) is 4.90. The smallest absolute Gasteiger partial charge is 0.241 e. The highest BCUT2D eigenvalue weighted by molar-refractivity contribution is 7.89. The standard InChI is InChI=1S/C13H20N2O2S/c1-3-4-10-7-12(10)15-18(16,17)13-8-11(14)6-5-9(13)2/h5-6,8,10,12,15H,3-4,7,14H2,1-2H3. The first kappa shape index (κ1) is 13.4. The Morgan fingerprint density at radius 1 is 1.44 bits per heavy atom. The molecular formula is C13H20N2O2S. The van der Waals surface area contributed by atoms with E-state index >= 15 is 0 Å². The first-order valence-electron chi connectivity index (χ1n) is 6.32. The Hall–Kier alpha value is -1.07. The third-order valence-corrected chi connectivity index (χ3v) is 5.02. The number of sulfonamides is 1. The van der Waals surface area contributed by atoms with Crippen LogP contribution in [0.1, 0.15) is 31.7 Å². The number of benzene rings is 1. The molecule has 100 valence electrons. The third kappa shape index (κ3) is 2.84. The van der Waals surface area contributed by atoms with Crippen molar-refractivity contribution in [3.63, 3.8) is 0 Å². The Labute approximate surface area is 109 Å². The molecule has 0 amide bonds. The van der Waals surface area contributed by atoms with Crippen LogP contribution in [0.3, 0.4) is 0 Å². The van der Waals surface area contributed by atoms with Gasteiger partial charge in [-0.05, 0) is 43.4 Å². The Bertz CT molecular complexity index is 540. The average molecular weight is 268 g/mol. The van der Waals surface area contributed by atoms with Crippen molar-refractivity contribution < 1.29 is 8.42 Å². The molecule has 18 heavy (non-hydrogen) atoms. The molecule has 1 aromatic carbocycles. The summed E-state index contributed by atoms with van der Waals surface area (Å²) in [6, 6.07) is 5.08. The Kier molecular flexibility index (Phi) is 3.64. The van der Waals surface area contributed by atoms with Gasteiger partial charge in [0, 0.05) is 11.7 Å². The van der Waals surface area contributed by atoms with Crippen molar-refractivity contribution in [2.75, 3.05) is 5.73 Å². The number of nitrogens with two attached hydrogens (primary N) is 1. The maximum absolute atomic E-state index is 12.2. The zero-order valence-corrected chi connectivity index (χ0v) is 11.6. The van der Waals surface area contributed by atoms with Crippen LogP contribution in [0.4, 0.5) is 5.69 Å². The zero-order chi connectivity index (χ0) is 13.3. The summed E-state index contributed by atoms with van der Waals surface area (Å²) in [6.45, 7) is 3.90. The lowest BCUT2D eigenvalue weighted by Gasteiger charge is -2.09. The molecule has 5 heteroatoms. The fourth-order valence-corrected chi connectivity index (χ4v) is 3.85. The van der Waals surface area contributed by atoms with Gasteiger partial charge in [0.05, 0.1) is 4.90 Å². The number of rotatable bonds is 5. The molecule has 0 spiro atoms. The van der Waals surface area contributed by atoms with E-state index in [-0.39, 0.29) is 6.04 Å². The van der Waals surface area contributed by atoms with E-state index in [1.54, 1.807) is 19.1 Å². The first-order valence-corrected chi connectivity index (χ1v) is 7.81. The Morgan fingerprint density at radius 2 is 2.17 bits per heavy atom. The molecular weight excluding hydrogens is 248 g/mol. The monoisotopic (exact) mass is 268 g/mol. The average Bonchev–Trinajstić information content (AvgIpc) is 2.99. The molecule has 1 fully saturated rings. The van der Waals surface area contributed by atoms with Gasteiger partial charge in [-0.15, -0.1) is 0 Å². The van der Waals surface area contributed by atoms with Crippen molar-refractivity contribution in [2.24, 2.45) is 5.92 Å². The maximum atomic E-state index is 12.2. The van der Waals surface area contributed by atoms with Gasteiger partial charge in [0.2, 0.25) is 10.0 Å². The van der Waals surface area contributed by atoms with Crippen LogP contribution in [0.25, 0.3) is 0 Å². The minimum absolute atomic E-state index is 0.107. The first-order chi connectivity index (χ1) is 8.44. The lowest BCUT2D eigenvalue weighted by Crippen LogP contribution is -2.27. The quantitative estimate of drug-likeness (QED) is 0.803. The minimum Gasteiger partial charge on any atom is -0.399 e. The molecule has 0 radical (unpaired) electrons. The summed E-state index contributed by atoms with van der Waals surface area (Å²) in [5.74, 6) is 0.506. The third-order valence-electron chi connectivity index (χ3n) is 3.39. The van der Waals surface area contributed by atoms with E-state index in [9.17, 15) is 8.42 Å². The molecule has 0 heterocycles. The van der Waals surface area contributed by atoms with Crippen molar-refractivity contribution in [3.05, 3.63) is 23.8 Å². The van der Waals surface area contributed by atoms with Gasteiger partial charge in [-0.1, -0.05) is 19.4 Å². The summed E-state index contributed by atoms with van der Waals surface area (Å²) in [5.41, 5.74) is 6.85. The van der Waals surface area contributed by atoms with Crippen molar-refractivity contribution in [1.82, 2.24) is 4.72 Å². The number of hydrogen-bond donors (Lipinski definition) is 2. The van der Waals surface area contributed by atoms with E-state index in [4.69, 9.17) is 5.73 Å². The van der Waals surface area contributed by atoms with Gasteiger partial charge in [0.15, 0.2) is 0 Å².